The molecule has 0 aromatic heterocycles. The molecule has 1 aliphatic heterocycles. The number of carbonyl (C=O) groups is 2. The summed E-state index contributed by atoms with van der Waals surface area (Å²) >= 11 is 0. The Bertz CT molecular complexity index is 1180. The summed E-state index contributed by atoms with van der Waals surface area (Å²) in [5.74, 6) is -0.679. The van der Waals surface area contributed by atoms with Crippen LogP contribution in [0.15, 0.2) is 78.5 Å². The maximum Gasteiger partial charge on any atom is 0.282 e. The summed E-state index contributed by atoms with van der Waals surface area (Å²) in [6.07, 6.45) is 0.894. The molecular weight excluding hydrogens is 398 g/mol. The first-order valence-electron chi connectivity index (χ1n) is 10.7. The van der Waals surface area contributed by atoms with Crippen molar-refractivity contribution in [3.05, 3.63) is 95.2 Å². The van der Waals surface area contributed by atoms with Crippen LogP contribution in [0.2, 0.25) is 0 Å². The molecule has 0 unspecified atom stereocenters. The van der Waals surface area contributed by atoms with Crippen molar-refractivity contribution in [1.82, 2.24) is 0 Å². The van der Waals surface area contributed by atoms with E-state index in [-0.39, 0.29) is 17.5 Å². The highest BCUT2D eigenvalue weighted by atomic mass is 16.2. The van der Waals surface area contributed by atoms with Gasteiger partial charge in [0, 0.05) is 25.5 Å². The summed E-state index contributed by atoms with van der Waals surface area (Å²) in [7, 11) is 3.95. The Morgan fingerprint density at radius 1 is 0.812 bits per heavy atom. The Labute approximate surface area is 189 Å². The quantitative estimate of drug-likeness (QED) is 0.564. The van der Waals surface area contributed by atoms with E-state index in [1.165, 1.54) is 4.90 Å². The second kappa shape index (κ2) is 8.71. The minimum Gasteiger partial charge on any atom is -0.378 e. The molecule has 1 heterocycles. The molecule has 0 spiro atoms. The van der Waals surface area contributed by atoms with Gasteiger partial charge in [-0.3, -0.25) is 9.59 Å². The standard InChI is InChI=1S/C27H27N3O2/c1-5-19-8-14-23(15-9-19)30-26(31)24(20-10-6-18(2)7-11-20)25(27(30)32)28-21-12-16-22(17-13-21)29(3)4/h6-17,28H,5H2,1-4H3. The first-order valence-corrected chi connectivity index (χ1v) is 10.7. The molecule has 4 rings (SSSR count). The summed E-state index contributed by atoms with van der Waals surface area (Å²) < 4.78 is 0. The van der Waals surface area contributed by atoms with Crippen LogP contribution in [0, 0.1) is 6.92 Å². The van der Waals surface area contributed by atoms with Gasteiger partial charge in [0.2, 0.25) is 0 Å². The number of amides is 2. The van der Waals surface area contributed by atoms with Gasteiger partial charge in [0.25, 0.3) is 11.8 Å². The van der Waals surface area contributed by atoms with Crippen LogP contribution in [0.4, 0.5) is 17.1 Å². The topological polar surface area (TPSA) is 52.7 Å². The Balaban J connectivity index is 1.76. The molecule has 3 aromatic rings. The van der Waals surface area contributed by atoms with Gasteiger partial charge in [0.1, 0.15) is 5.70 Å². The van der Waals surface area contributed by atoms with Crippen molar-refractivity contribution in [2.75, 3.05) is 29.2 Å². The van der Waals surface area contributed by atoms with Gasteiger partial charge in [-0.25, -0.2) is 4.90 Å². The molecule has 0 bridgehead atoms. The molecule has 0 aliphatic carbocycles. The monoisotopic (exact) mass is 425 g/mol. The highest BCUT2D eigenvalue weighted by molar-refractivity contribution is 6.46. The first-order chi connectivity index (χ1) is 15.4. The van der Waals surface area contributed by atoms with Crippen LogP contribution in [0.25, 0.3) is 5.57 Å². The van der Waals surface area contributed by atoms with Gasteiger partial charge in [-0.2, -0.15) is 0 Å². The zero-order valence-electron chi connectivity index (χ0n) is 18.8. The molecule has 32 heavy (non-hydrogen) atoms. The van der Waals surface area contributed by atoms with Crippen LogP contribution in [0.3, 0.4) is 0 Å². The molecule has 0 saturated carbocycles. The number of anilines is 3. The Kier molecular flexibility index (Phi) is 5.82. The molecule has 5 nitrogen and oxygen atoms in total. The Morgan fingerprint density at radius 2 is 1.44 bits per heavy atom. The number of imide groups is 1. The van der Waals surface area contributed by atoms with Crippen molar-refractivity contribution >= 4 is 34.4 Å². The van der Waals surface area contributed by atoms with Crippen LogP contribution in [0.1, 0.15) is 23.6 Å². The normalized spacial score (nSPS) is 13.7. The van der Waals surface area contributed by atoms with Gasteiger partial charge in [-0.1, -0.05) is 48.9 Å². The molecule has 0 atom stereocenters. The maximum absolute atomic E-state index is 13.5. The predicted octanol–water partition coefficient (Wildman–Crippen LogP) is 5.02. The lowest BCUT2D eigenvalue weighted by molar-refractivity contribution is -0.120. The molecule has 2 amide bonds. The van der Waals surface area contributed by atoms with Crippen molar-refractivity contribution in [3.8, 4) is 0 Å². The predicted molar refractivity (Wildman–Crippen MR) is 131 cm³/mol. The van der Waals surface area contributed by atoms with Crippen LogP contribution in [-0.4, -0.2) is 25.9 Å². The average molecular weight is 426 g/mol. The fraction of sp³-hybridized carbons (Fsp3) is 0.185. The maximum atomic E-state index is 13.5. The minimum atomic E-state index is -0.355. The summed E-state index contributed by atoms with van der Waals surface area (Å²) in [6.45, 7) is 4.06. The van der Waals surface area contributed by atoms with Gasteiger partial charge in [0.15, 0.2) is 0 Å². The van der Waals surface area contributed by atoms with E-state index in [1.54, 1.807) is 0 Å². The molecule has 1 N–H and O–H groups in total. The lowest BCUT2D eigenvalue weighted by atomic mass is 10.0. The van der Waals surface area contributed by atoms with Crippen molar-refractivity contribution < 1.29 is 9.59 Å². The van der Waals surface area contributed by atoms with E-state index < -0.39 is 0 Å². The fourth-order valence-electron chi connectivity index (χ4n) is 3.74. The van der Waals surface area contributed by atoms with E-state index in [9.17, 15) is 9.59 Å². The first kappa shape index (κ1) is 21.4. The molecule has 162 valence electrons. The van der Waals surface area contributed by atoms with Crippen LogP contribution in [-0.2, 0) is 16.0 Å². The van der Waals surface area contributed by atoms with E-state index >= 15 is 0 Å². The van der Waals surface area contributed by atoms with Crippen molar-refractivity contribution in [3.63, 3.8) is 0 Å². The number of hydrogen-bond acceptors (Lipinski definition) is 4. The van der Waals surface area contributed by atoms with Crippen molar-refractivity contribution in [1.29, 1.82) is 0 Å². The summed E-state index contributed by atoms with van der Waals surface area (Å²) in [5.41, 5.74) is 6.00. The van der Waals surface area contributed by atoms with Crippen LogP contribution in [0.5, 0.6) is 0 Å². The van der Waals surface area contributed by atoms with Crippen LogP contribution < -0.4 is 15.1 Å². The van der Waals surface area contributed by atoms with Gasteiger partial charge >= 0.3 is 0 Å². The number of nitrogens with zero attached hydrogens (tertiary/aromatic N) is 2. The second-order valence-electron chi connectivity index (χ2n) is 8.15. The van der Waals surface area contributed by atoms with Gasteiger partial charge in [-0.05, 0) is 60.9 Å². The Hall–Kier alpha value is -3.86. The van der Waals surface area contributed by atoms with Crippen LogP contribution >= 0.6 is 0 Å². The number of nitrogens with one attached hydrogen (secondary N) is 1. The highest BCUT2D eigenvalue weighted by Crippen LogP contribution is 2.34. The smallest absolute Gasteiger partial charge is 0.282 e. The number of rotatable bonds is 6. The lowest BCUT2D eigenvalue weighted by Gasteiger charge is -2.16. The molecule has 0 saturated heterocycles. The average Bonchev–Trinajstić information content (AvgIpc) is 3.04. The third kappa shape index (κ3) is 4.02. The number of carbonyl (C=O) groups excluding carboxylic acids is 2. The van der Waals surface area contributed by atoms with E-state index in [2.05, 4.69) is 12.2 Å². The summed E-state index contributed by atoms with van der Waals surface area (Å²) in [6, 6.07) is 23.0. The zero-order valence-corrected chi connectivity index (χ0v) is 18.8. The molecule has 5 heteroatoms. The zero-order chi connectivity index (χ0) is 22.8. The third-order valence-electron chi connectivity index (χ3n) is 5.68. The van der Waals surface area contributed by atoms with E-state index in [4.69, 9.17) is 0 Å². The van der Waals surface area contributed by atoms with Gasteiger partial charge in [0.05, 0.1) is 11.3 Å². The van der Waals surface area contributed by atoms with Crippen molar-refractivity contribution in [2.45, 2.75) is 20.3 Å². The molecule has 0 fully saturated rings. The number of aryl methyl sites for hydroxylation is 2. The number of benzene rings is 3. The van der Waals surface area contributed by atoms with E-state index in [0.29, 0.717) is 16.8 Å². The highest BCUT2D eigenvalue weighted by Gasteiger charge is 2.40. The number of hydrogen-bond donors (Lipinski definition) is 1. The van der Waals surface area contributed by atoms with E-state index in [1.807, 2.05) is 98.7 Å². The molecule has 0 radical (unpaired) electrons. The SMILES string of the molecule is CCc1ccc(N2C(=O)C(Nc3ccc(N(C)C)cc3)=C(c3ccc(C)cc3)C2=O)cc1. The lowest BCUT2D eigenvalue weighted by Crippen LogP contribution is -2.32. The molecule has 3 aromatic carbocycles. The van der Waals surface area contributed by atoms with E-state index in [0.717, 1.165) is 28.9 Å². The van der Waals surface area contributed by atoms with Crippen molar-refractivity contribution in [2.24, 2.45) is 0 Å². The molecule has 1 aliphatic rings. The van der Waals surface area contributed by atoms with Gasteiger partial charge < -0.3 is 10.2 Å². The summed E-state index contributed by atoms with van der Waals surface area (Å²) in [5, 5.41) is 3.22. The molecular formula is C27H27N3O2. The third-order valence-corrected chi connectivity index (χ3v) is 5.68. The fourth-order valence-corrected chi connectivity index (χ4v) is 3.74. The van der Waals surface area contributed by atoms with Gasteiger partial charge in [-0.15, -0.1) is 0 Å². The Morgan fingerprint density at radius 3 is 2.00 bits per heavy atom. The largest absolute Gasteiger partial charge is 0.378 e. The second-order valence-corrected chi connectivity index (χ2v) is 8.15. The summed E-state index contributed by atoms with van der Waals surface area (Å²) in [4.78, 5) is 30.2. The minimum absolute atomic E-state index is 0.288.